The predicted molar refractivity (Wildman–Crippen MR) is 69.9 cm³/mol. The average Bonchev–Trinajstić information content (AvgIpc) is 2.28. The van der Waals surface area contributed by atoms with E-state index < -0.39 is 0 Å². The Balaban J connectivity index is 2.28. The number of hydrogen-bond acceptors (Lipinski definition) is 3. The van der Waals surface area contributed by atoms with Crippen LogP contribution in [0.3, 0.4) is 0 Å². The molecule has 1 rings (SSSR count). The standard InChI is InChI=1S/C14H27NO2/c1-5-12-6-8-13(9-7-12)15(4)10-14(16)17-11(2)3/h11-13H,5-10H2,1-4H3. The summed E-state index contributed by atoms with van der Waals surface area (Å²) < 4.78 is 5.17. The van der Waals surface area contributed by atoms with Crippen LogP contribution in [0.15, 0.2) is 0 Å². The topological polar surface area (TPSA) is 29.5 Å². The van der Waals surface area contributed by atoms with Gasteiger partial charge in [-0.1, -0.05) is 13.3 Å². The molecular weight excluding hydrogens is 214 g/mol. The Hall–Kier alpha value is -0.570. The van der Waals surface area contributed by atoms with Crippen molar-refractivity contribution in [2.24, 2.45) is 5.92 Å². The van der Waals surface area contributed by atoms with Crippen molar-refractivity contribution in [1.82, 2.24) is 4.90 Å². The summed E-state index contributed by atoms with van der Waals surface area (Å²) in [5.74, 6) is 0.808. The molecule has 0 aromatic carbocycles. The van der Waals surface area contributed by atoms with Crippen molar-refractivity contribution >= 4 is 5.97 Å². The van der Waals surface area contributed by atoms with Gasteiger partial charge in [-0.3, -0.25) is 9.69 Å². The van der Waals surface area contributed by atoms with E-state index in [1.807, 2.05) is 20.9 Å². The summed E-state index contributed by atoms with van der Waals surface area (Å²) in [7, 11) is 2.04. The molecule has 0 radical (unpaired) electrons. The Bertz CT molecular complexity index is 232. The van der Waals surface area contributed by atoms with E-state index in [0.717, 1.165) is 5.92 Å². The Morgan fingerprint density at radius 3 is 2.35 bits per heavy atom. The average molecular weight is 241 g/mol. The van der Waals surface area contributed by atoms with Crippen molar-refractivity contribution < 1.29 is 9.53 Å². The molecule has 1 fully saturated rings. The largest absolute Gasteiger partial charge is 0.462 e. The Kier molecular flexibility index (Phi) is 5.96. The summed E-state index contributed by atoms with van der Waals surface area (Å²) in [6.45, 7) is 6.49. The molecule has 0 heterocycles. The van der Waals surface area contributed by atoms with E-state index in [2.05, 4.69) is 11.8 Å². The number of carbonyl (C=O) groups is 1. The molecule has 1 saturated carbocycles. The summed E-state index contributed by atoms with van der Waals surface area (Å²) in [4.78, 5) is 13.7. The molecule has 3 heteroatoms. The molecule has 0 unspecified atom stereocenters. The summed E-state index contributed by atoms with van der Waals surface area (Å²) in [6.07, 6.45) is 6.36. The fourth-order valence-corrected chi connectivity index (χ4v) is 2.63. The summed E-state index contributed by atoms with van der Waals surface area (Å²) in [6, 6.07) is 0.567. The van der Waals surface area contributed by atoms with Crippen LogP contribution in [0.25, 0.3) is 0 Å². The third-order valence-corrected chi connectivity index (χ3v) is 3.76. The molecule has 0 bridgehead atoms. The number of esters is 1. The van der Waals surface area contributed by atoms with Crippen molar-refractivity contribution in [2.45, 2.75) is 65.0 Å². The highest BCUT2D eigenvalue weighted by atomic mass is 16.5. The zero-order chi connectivity index (χ0) is 12.8. The van der Waals surface area contributed by atoms with E-state index in [4.69, 9.17) is 4.74 Å². The molecule has 0 amide bonds. The van der Waals surface area contributed by atoms with E-state index in [-0.39, 0.29) is 12.1 Å². The van der Waals surface area contributed by atoms with Crippen LogP contribution in [-0.2, 0) is 9.53 Å². The lowest BCUT2D eigenvalue weighted by Crippen LogP contribution is -2.39. The molecule has 0 spiro atoms. The molecule has 0 aliphatic heterocycles. The smallest absolute Gasteiger partial charge is 0.320 e. The van der Waals surface area contributed by atoms with E-state index in [9.17, 15) is 4.79 Å². The summed E-state index contributed by atoms with van der Waals surface area (Å²) >= 11 is 0. The minimum absolute atomic E-state index is 0.00766. The van der Waals surface area contributed by atoms with Crippen LogP contribution in [0.5, 0.6) is 0 Å². The first kappa shape index (κ1) is 14.5. The van der Waals surface area contributed by atoms with Crippen LogP contribution in [-0.4, -0.2) is 36.6 Å². The molecule has 0 aromatic rings. The predicted octanol–water partition coefficient (Wildman–Crippen LogP) is 2.84. The lowest BCUT2D eigenvalue weighted by atomic mass is 9.84. The van der Waals surface area contributed by atoms with Gasteiger partial charge in [-0.2, -0.15) is 0 Å². The zero-order valence-electron chi connectivity index (χ0n) is 11.7. The quantitative estimate of drug-likeness (QED) is 0.693. The first-order chi connectivity index (χ1) is 8.02. The molecule has 3 nitrogen and oxygen atoms in total. The number of ether oxygens (including phenoxy) is 1. The molecule has 0 N–H and O–H groups in total. The molecule has 0 saturated heterocycles. The van der Waals surface area contributed by atoms with Gasteiger partial charge in [0, 0.05) is 6.04 Å². The van der Waals surface area contributed by atoms with Gasteiger partial charge in [0.05, 0.1) is 12.6 Å². The third kappa shape index (κ3) is 5.07. The van der Waals surface area contributed by atoms with Crippen LogP contribution in [0.1, 0.15) is 52.9 Å². The van der Waals surface area contributed by atoms with Gasteiger partial charge in [0.25, 0.3) is 0 Å². The zero-order valence-corrected chi connectivity index (χ0v) is 11.7. The molecule has 1 aliphatic carbocycles. The van der Waals surface area contributed by atoms with E-state index >= 15 is 0 Å². The maximum absolute atomic E-state index is 11.6. The van der Waals surface area contributed by atoms with Gasteiger partial charge in [0.2, 0.25) is 0 Å². The van der Waals surface area contributed by atoms with Crippen LogP contribution >= 0.6 is 0 Å². The van der Waals surface area contributed by atoms with Gasteiger partial charge in [-0.25, -0.2) is 0 Å². The van der Waals surface area contributed by atoms with Gasteiger partial charge in [0.1, 0.15) is 0 Å². The molecule has 17 heavy (non-hydrogen) atoms. The second-order valence-corrected chi connectivity index (χ2v) is 5.54. The van der Waals surface area contributed by atoms with Crippen LogP contribution in [0, 0.1) is 5.92 Å². The van der Waals surface area contributed by atoms with E-state index in [1.165, 1.54) is 32.1 Å². The molecule has 100 valence electrons. The number of nitrogens with zero attached hydrogens (tertiary/aromatic N) is 1. The lowest BCUT2D eigenvalue weighted by Gasteiger charge is -2.33. The van der Waals surface area contributed by atoms with Crippen molar-refractivity contribution in [3.05, 3.63) is 0 Å². The van der Waals surface area contributed by atoms with Crippen molar-refractivity contribution in [3.8, 4) is 0 Å². The number of hydrogen-bond donors (Lipinski definition) is 0. The highest BCUT2D eigenvalue weighted by molar-refractivity contribution is 5.71. The second-order valence-electron chi connectivity index (χ2n) is 5.54. The Morgan fingerprint density at radius 1 is 1.29 bits per heavy atom. The molecule has 0 atom stereocenters. The first-order valence-corrected chi connectivity index (χ1v) is 6.92. The summed E-state index contributed by atoms with van der Waals surface area (Å²) in [5, 5.41) is 0. The lowest BCUT2D eigenvalue weighted by molar-refractivity contribution is -0.149. The van der Waals surface area contributed by atoms with Crippen molar-refractivity contribution in [2.75, 3.05) is 13.6 Å². The minimum Gasteiger partial charge on any atom is -0.462 e. The molecule has 0 aromatic heterocycles. The normalized spacial score (nSPS) is 25.3. The third-order valence-electron chi connectivity index (χ3n) is 3.76. The van der Waals surface area contributed by atoms with Crippen molar-refractivity contribution in [1.29, 1.82) is 0 Å². The molecular formula is C14H27NO2. The minimum atomic E-state index is -0.0971. The van der Waals surface area contributed by atoms with Gasteiger partial charge in [-0.15, -0.1) is 0 Å². The number of rotatable bonds is 5. The second kappa shape index (κ2) is 7.00. The number of likely N-dealkylation sites (N-methyl/N-ethyl adjacent to an activating group) is 1. The van der Waals surface area contributed by atoms with Gasteiger partial charge < -0.3 is 4.74 Å². The molecule has 1 aliphatic rings. The maximum Gasteiger partial charge on any atom is 0.320 e. The Morgan fingerprint density at radius 2 is 1.88 bits per heavy atom. The van der Waals surface area contributed by atoms with E-state index in [0.29, 0.717) is 12.6 Å². The van der Waals surface area contributed by atoms with Gasteiger partial charge in [-0.05, 0) is 52.5 Å². The highest BCUT2D eigenvalue weighted by Gasteiger charge is 2.24. The van der Waals surface area contributed by atoms with E-state index in [1.54, 1.807) is 0 Å². The van der Waals surface area contributed by atoms with Crippen molar-refractivity contribution in [3.63, 3.8) is 0 Å². The van der Waals surface area contributed by atoms with Gasteiger partial charge >= 0.3 is 5.97 Å². The summed E-state index contributed by atoms with van der Waals surface area (Å²) in [5.41, 5.74) is 0. The van der Waals surface area contributed by atoms with Crippen LogP contribution < -0.4 is 0 Å². The number of carbonyl (C=O) groups excluding carboxylic acids is 1. The SMILES string of the molecule is CCC1CCC(N(C)CC(=O)OC(C)C)CC1. The van der Waals surface area contributed by atoms with Crippen LogP contribution in [0.4, 0.5) is 0 Å². The van der Waals surface area contributed by atoms with Gasteiger partial charge in [0.15, 0.2) is 0 Å². The monoisotopic (exact) mass is 241 g/mol. The Labute approximate surface area is 106 Å². The fourth-order valence-electron chi connectivity index (χ4n) is 2.63. The van der Waals surface area contributed by atoms with Crippen LogP contribution in [0.2, 0.25) is 0 Å². The fraction of sp³-hybridized carbons (Fsp3) is 0.929. The highest BCUT2D eigenvalue weighted by Crippen LogP contribution is 2.28. The maximum atomic E-state index is 11.6. The first-order valence-electron chi connectivity index (χ1n) is 6.92.